The van der Waals surface area contributed by atoms with Crippen molar-refractivity contribution in [2.75, 3.05) is 12.8 Å². The van der Waals surface area contributed by atoms with E-state index in [1.165, 1.54) is 25.4 Å². The molecule has 1 aromatic heterocycles. The summed E-state index contributed by atoms with van der Waals surface area (Å²) >= 11 is 5.67. The molecule has 0 atom stereocenters. The lowest BCUT2D eigenvalue weighted by molar-refractivity contribution is 0.0999. The topological polar surface area (TPSA) is 113 Å². The van der Waals surface area contributed by atoms with Gasteiger partial charge in [-0.25, -0.2) is 4.98 Å². The summed E-state index contributed by atoms with van der Waals surface area (Å²) in [5, 5.41) is -0.00720. The number of amides is 1. The second-order valence-electron chi connectivity index (χ2n) is 3.76. The first-order valence-electron chi connectivity index (χ1n) is 5.44. The summed E-state index contributed by atoms with van der Waals surface area (Å²) in [6.07, 6.45) is 1.32. The van der Waals surface area contributed by atoms with Crippen molar-refractivity contribution in [1.29, 1.82) is 0 Å². The third-order valence-corrected chi connectivity index (χ3v) is 2.55. The van der Waals surface area contributed by atoms with Gasteiger partial charge in [-0.3, -0.25) is 4.79 Å². The van der Waals surface area contributed by atoms with E-state index < -0.39 is 5.91 Å². The minimum Gasteiger partial charge on any atom is -0.497 e. The van der Waals surface area contributed by atoms with Gasteiger partial charge in [-0.15, -0.1) is 0 Å². The molecule has 7 nitrogen and oxygen atoms in total. The SMILES string of the molecule is COc1cc(Oc2nc(Cl)ncc2N)cc(C(N)=O)c1. The third kappa shape index (κ3) is 3.07. The van der Waals surface area contributed by atoms with E-state index in [1.54, 1.807) is 6.07 Å². The maximum Gasteiger partial charge on any atom is 0.248 e. The summed E-state index contributed by atoms with van der Waals surface area (Å²) < 4.78 is 10.5. The fraction of sp³-hybridized carbons (Fsp3) is 0.0833. The smallest absolute Gasteiger partial charge is 0.248 e. The maximum atomic E-state index is 11.2. The van der Waals surface area contributed by atoms with Crippen LogP contribution < -0.4 is 20.9 Å². The molecule has 2 aromatic rings. The molecule has 104 valence electrons. The molecule has 1 amide bonds. The molecule has 0 aliphatic heterocycles. The van der Waals surface area contributed by atoms with Crippen molar-refractivity contribution in [2.45, 2.75) is 0 Å². The Balaban J connectivity index is 2.39. The highest BCUT2D eigenvalue weighted by molar-refractivity contribution is 6.28. The van der Waals surface area contributed by atoms with Gasteiger partial charge >= 0.3 is 0 Å². The van der Waals surface area contributed by atoms with Gasteiger partial charge in [-0.1, -0.05) is 0 Å². The molecule has 1 aromatic carbocycles. The van der Waals surface area contributed by atoms with Crippen LogP contribution in [0.4, 0.5) is 5.69 Å². The Morgan fingerprint density at radius 2 is 2.00 bits per heavy atom. The summed E-state index contributed by atoms with van der Waals surface area (Å²) in [4.78, 5) is 18.8. The van der Waals surface area contributed by atoms with Crippen molar-refractivity contribution in [1.82, 2.24) is 9.97 Å². The molecule has 20 heavy (non-hydrogen) atoms. The standard InChI is InChI=1S/C12H11ClN4O3/c1-19-7-2-6(10(15)18)3-8(4-7)20-11-9(14)5-16-12(13)17-11/h2-5H,14H2,1H3,(H2,15,18). The highest BCUT2D eigenvalue weighted by Crippen LogP contribution is 2.29. The quantitative estimate of drug-likeness (QED) is 0.828. The maximum absolute atomic E-state index is 11.2. The zero-order valence-corrected chi connectivity index (χ0v) is 11.2. The number of halogens is 1. The average molecular weight is 295 g/mol. The van der Waals surface area contributed by atoms with Gasteiger partial charge in [0, 0.05) is 11.6 Å². The molecule has 0 bridgehead atoms. The molecule has 0 spiro atoms. The van der Waals surface area contributed by atoms with E-state index in [9.17, 15) is 4.79 Å². The van der Waals surface area contributed by atoms with Crippen LogP contribution in [0.2, 0.25) is 5.28 Å². The van der Waals surface area contributed by atoms with Crippen molar-refractivity contribution in [3.8, 4) is 17.4 Å². The number of hydrogen-bond acceptors (Lipinski definition) is 6. The number of anilines is 1. The molecule has 0 saturated carbocycles. The third-order valence-electron chi connectivity index (χ3n) is 2.37. The summed E-state index contributed by atoms with van der Waals surface area (Å²) in [7, 11) is 1.46. The molecule has 2 rings (SSSR count). The van der Waals surface area contributed by atoms with Crippen molar-refractivity contribution in [3.63, 3.8) is 0 Å². The van der Waals surface area contributed by atoms with Gasteiger partial charge in [0.05, 0.1) is 13.3 Å². The molecule has 0 fully saturated rings. The number of primary amides is 1. The van der Waals surface area contributed by atoms with Crippen LogP contribution in [0.25, 0.3) is 0 Å². The second kappa shape index (κ2) is 5.62. The van der Waals surface area contributed by atoms with E-state index in [0.29, 0.717) is 11.5 Å². The van der Waals surface area contributed by atoms with E-state index in [2.05, 4.69) is 9.97 Å². The molecule has 0 radical (unpaired) electrons. The summed E-state index contributed by atoms with van der Waals surface area (Å²) in [6, 6.07) is 4.49. The van der Waals surface area contributed by atoms with Crippen molar-refractivity contribution >= 4 is 23.2 Å². The van der Waals surface area contributed by atoms with Gasteiger partial charge in [-0.05, 0) is 23.7 Å². The average Bonchev–Trinajstić information content (AvgIpc) is 2.42. The minimum atomic E-state index is -0.609. The number of carbonyl (C=O) groups is 1. The Bertz CT molecular complexity index is 663. The predicted octanol–water partition coefficient (Wildman–Crippen LogP) is 1.61. The van der Waals surface area contributed by atoms with Crippen LogP contribution in [0.3, 0.4) is 0 Å². The van der Waals surface area contributed by atoms with E-state index >= 15 is 0 Å². The first-order chi connectivity index (χ1) is 9.49. The minimum absolute atomic E-state index is 0.00720. The first-order valence-corrected chi connectivity index (χ1v) is 5.82. The van der Waals surface area contributed by atoms with E-state index in [1.807, 2.05) is 0 Å². The lowest BCUT2D eigenvalue weighted by Gasteiger charge is -2.10. The number of hydrogen-bond donors (Lipinski definition) is 2. The number of nitrogens with zero attached hydrogens (tertiary/aromatic N) is 2. The molecule has 0 saturated heterocycles. The van der Waals surface area contributed by atoms with Crippen LogP contribution in [0, 0.1) is 0 Å². The van der Waals surface area contributed by atoms with Gasteiger partial charge in [-0.2, -0.15) is 4.98 Å². The monoisotopic (exact) mass is 294 g/mol. The van der Waals surface area contributed by atoms with Crippen LogP contribution in [-0.2, 0) is 0 Å². The number of benzene rings is 1. The van der Waals surface area contributed by atoms with Crippen LogP contribution in [0.5, 0.6) is 17.4 Å². The second-order valence-corrected chi connectivity index (χ2v) is 4.10. The molecule has 8 heteroatoms. The highest BCUT2D eigenvalue weighted by Gasteiger charge is 2.10. The molecule has 0 unspecified atom stereocenters. The van der Waals surface area contributed by atoms with Crippen LogP contribution in [0.15, 0.2) is 24.4 Å². The highest BCUT2D eigenvalue weighted by atomic mass is 35.5. The lowest BCUT2D eigenvalue weighted by atomic mass is 10.2. The van der Waals surface area contributed by atoms with E-state index in [4.69, 9.17) is 32.5 Å². The number of ether oxygens (including phenoxy) is 2. The van der Waals surface area contributed by atoms with Crippen LogP contribution in [0.1, 0.15) is 10.4 Å². The lowest BCUT2D eigenvalue weighted by Crippen LogP contribution is -2.11. The summed E-state index contributed by atoms with van der Waals surface area (Å²) in [5.41, 5.74) is 11.3. The molecule has 0 aliphatic rings. The Kier molecular flexibility index (Phi) is 3.90. The Morgan fingerprint density at radius 3 is 2.65 bits per heavy atom. The Hall–Kier alpha value is -2.54. The first kappa shape index (κ1) is 13.9. The van der Waals surface area contributed by atoms with Gasteiger partial charge in [0.15, 0.2) is 0 Å². The number of aromatic nitrogens is 2. The van der Waals surface area contributed by atoms with Crippen molar-refractivity contribution < 1.29 is 14.3 Å². The summed E-state index contributed by atoms with van der Waals surface area (Å²) in [6.45, 7) is 0. The molecular weight excluding hydrogens is 284 g/mol. The van der Waals surface area contributed by atoms with Crippen molar-refractivity contribution in [2.24, 2.45) is 5.73 Å². The van der Waals surface area contributed by atoms with Crippen molar-refractivity contribution in [3.05, 3.63) is 35.2 Å². The van der Waals surface area contributed by atoms with Gasteiger partial charge in [0.2, 0.25) is 17.1 Å². The fourth-order valence-corrected chi connectivity index (χ4v) is 1.56. The largest absolute Gasteiger partial charge is 0.497 e. The predicted molar refractivity (Wildman–Crippen MR) is 73.0 cm³/mol. The zero-order valence-electron chi connectivity index (χ0n) is 10.5. The Labute approximate surface area is 119 Å². The number of carbonyl (C=O) groups excluding carboxylic acids is 1. The number of nitrogens with two attached hydrogens (primary N) is 2. The van der Waals surface area contributed by atoms with Gasteiger partial charge < -0.3 is 20.9 Å². The van der Waals surface area contributed by atoms with E-state index in [-0.39, 0.29) is 22.4 Å². The van der Waals surface area contributed by atoms with Crippen LogP contribution >= 0.6 is 11.6 Å². The van der Waals surface area contributed by atoms with E-state index in [0.717, 1.165) is 0 Å². The zero-order chi connectivity index (χ0) is 14.7. The molecule has 0 aliphatic carbocycles. The number of rotatable bonds is 4. The molecule has 1 heterocycles. The van der Waals surface area contributed by atoms with Crippen LogP contribution in [-0.4, -0.2) is 23.0 Å². The Morgan fingerprint density at radius 1 is 1.30 bits per heavy atom. The van der Waals surface area contributed by atoms with Gasteiger partial charge in [0.25, 0.3) is 0 Å². The normalized spacial score (nSPS) is 10.1. The van der Waals surface area contributed by atoms with Gasteiger partial charge in [0.1, 0.15) is 17.2 Å². The molecular formula is C12H11ClN4O3. The number of methoxy groups -OCH3 is 1. The number of nitrogen functional groups attached to an aromatic ring is 1. The fourth-order valence-electron chi connectivity index (χ4n) is 1.44. The molecule has 4 N–H and O–H groups in total. The summed E-state index contributed by atoms with van der Waals surface area (Å²) in [5.74, 6) is 0.172.